The molecule has 3 N–H and O–H groups in total. The van der Waals surface area contributed by atoms with Gasteiger partial charge in [0, 0.05) is 29.9 Å². The molecule has 0 radical (unpaired) electrons. The predicted molar refractivity (Wildman–Crippen MR) is 113 cm³/mol. The second kappa shape index (κ2) is 7.51. The van der Waals surface area contributed by atoms with Gasteiger partial charge in [0.1, 0.15) is 0 Å². The van der Waals surface area contributed by atoms with Crippen molar-refractivity contribution in [3.63, 3.8) is 0 Å². The summed E-state index contributed by atoms with van der Waals surface area (Å²) in [6, 6.07) is 17.3. The molecule has 8 nitrogen and oxygen atoms in total. The third kappa shape index (κ3) is 3.14. The van der Waals surface area contributed by atoms with E-state index < -0.39 is 0 Å². The Morgan fingerprint density at radius 1 is 0.933 bits per heavy atom. The lowest BCUT2D eigenvalue weighted by atomic mass is 10.1. The van der Waals surface area contributed by atoms with Gasteiger partial charge in [-0.25, -0.2) is 14.3 Å². The molecule has 5 aromatic rings. The number of aromatic nitrogens is 6. The van der Waals surface area contributed by atoms with Gasteiger partial charge in [0.2, 0.25) is 0 Å². The Labute approximate surface area is 172 Å². The Balaban J connectivity index is 1.77. The Hall–Kier alpha value is -3.88. The first-order valence-electron chi connectivity index (χ1n) is 9.52. The van der Waals surface area contributed by atoms with Crippen molar-refractivity contribution in [1.82, 2.24) is 29.5 Å². The van der Waals surface area contributed by atoms with Gasteiger partial charge in [-0.2, -0.15) is 10.2 Å². The average molecular weight is 397 g/mol. The summed E-state index contributed by atoms with van der Waals surface area (Å²) in [5.41, 5.74) is 10.7. The smallest absolute Gasteiger partial charge is 0.154 e. The van der Waals surface area contributed by atoms with Crippen molar-refractivity contribution in [2.75, 3.05) is 0 Å². The highest BCUT2D eigenvalue weighted by atomic mass is 16.3. The van der Waals surface area contributed by atoms with Crippen LogP contribution < -0.4 is 5.73 Å². The second-order valence-electron chi connectivity index (χ2n) is 6.80. The molecule has 0 aliphatic rings. The maximum absolute atomic E-state index is 9.46. The molecule has 4 aromatic heterocycles. The molecule has 30 heavy (non-hydrogen) atoms. The molecule has 1 aromatic carbocycles. The summed E-state index contributed by atoms with van der Waals surface area (Å²) in [5.74, 6) is 0.629. The van der Waals surface area contributed by atoms with Crippen LogP contribution in [0.25, 0.3) is 33.7 Å². The minimum Gasteiger partial charge on any atom is -0.390 e. The Morgan fingerprint density at radius 3 is 2.60 bits per heavy atom. The van der Waals surface area contributed by atoms with Crippen molar-refractivity contribution >= 4 is 10.9 Å². The van der Waals surface area contributed by atoms with E-state index in [2.05, 4.69) is 20.2 Å². The van der Waals surface area contributed by atoms with E-state index in [0.29, 0.717) is 18.1 Å². The highest BCUT2D eigenvalue weighted by molar-refractivity contribution is 5.92. The van der Waals surface area contributed by atoms with Gasteiger partial charge in [-0.15, -0.1) is 0 Å². The molecule has 0 atom stereocenters. The second-order valence-corrected chi connectivity index (χ2v) is 6.80. The summed E-state index contributed by atoms with van der Waals surface area (Å²) in [7, 11) is 0. The first kappa shape index (κ1) is 18.2. The minimum absolute atomic E-state index is 0.132. The average Bonchev–Trinajstić information content (AvgIpc) is 3.49. The molecule has 0 amide bonds. The first-order chi connectivity index (χ1) is 14.8. The topological polar surface area (TPSA) is 108 Å². The molecule has 0 unspecified atom stereocenters. The van der Waals surface area contributed by atoms with Gasteiger partial charge in [0.25, 0.3) is 0 Å². The van der Waals surface area contributed by atoms with Crippen LogP contribution in [0.2, 0.25) is 0 Å². The number of nitrogens with zero attached hydrogens (tertiary/aromatic N) is 6. The number of pyridine rings is 2. The van der Waals surface area contributed by atoms with Crippen molar-refractivity contribution in [3.8, 4) is 22.8 Å². The molecule has 8 heteroatoms. The number of hydrogen-bond acceptors (Lipinski definition) is 6. The molecule has 148 valence electrons. The SMILES string of the molecule is NCc1cccc(-c2cc(-n3cccn3)c3cnn(-c4cccc(CO)n4)c3c2)n1. The maximum Gasteiger partial charge on any atom is 0.154 e. The number of nitrogens with two attached hydrogens (primary N) is 1. The van der Waals surface area contributed by atoms with E-state index in [1.165, 1.54) is 0 Å². The predicted octanol–water partition coefficient (Wildman–Crippen LogP) is 2.62. The van der Waals surface area contributed by atoms with Crippen molar-refractivity contribution in [2.24, 2.45) is 5.73 Å². The minimum atomic E-state index is -0.132. The van der Waals surface area contributed by atoms with Crippen molar-refractivity contribution in [3.05, 3.63) is 84.6 Å². The Morgan fingerprint density at radius 2 is 1.80 bits per heavy atom. The van der Waals surface area contributed by atoms with E-state index in [-0.39, 0.29) is 6.61 Å². The zero-order chi connectivity index (χ0) is 20.5. The lowest BCUT2D eigenvalue weighted by Crippen LogP contribution is -2.03. The van der Waals surface area contributed by atoms with Crippen LogP contribution >= 0.6 is 0 Å². The molecule has 0 saturated heterocycles. The number of aliphatic hydroxyl groups is 1. The highest BCUT2D eigenvalue weighted by Crippen LogP contribution is 2.30. The lowest BCUT2D eigenvalue weighted by molar-refractivity contribution is 0.276. The van der Waals surface area contributed by atoms with E-state index in [9.17, 15) is 5.11 Å². The Bertz CT molecular complexity index is 1320. The van der Waals surface area contributed by atoms with Crippen molar-refractivity contribution < 1.29 is 5.11 Å². The summed E-state index contributed by atoms with van der Waals surface area (Å²) in [5, 5.41) is 19.4. The third-order valence-corrected chi connectivity index (χ3v) is 4.90. The van der Waals surface area contributed by atoms with E-state index in [1.54, 1.807) is 23.1 Å². The zero-order valence-electron chi connectivity index (χ0n) is 16.1. The van der Waals surface area contributed by atoms with Crippen molar-refractivity contribution in [1.29, 1.82) is 0 Å². The van der Waals surface area contributed by atoms with Gasteiger partial charge >= 0.3 is 0 Å². The van der Waals surface area contributed by atoms with Gasteiger partial charge in [-0.3, -0.25) is 4.98 Å². The van der Waals surface area contributed by atoms with E-state index >= 15 is 0 Å². The fraction of sp³-hybridized carbons (Fsp3) is 0.0909. The summed E-state index contributed by atoms with van der Waals surface area (Å²) < 4.78 is 3.57. The van der Waals surface area contributed by atoms with Gasteiger partial charge in [0.15, 0.2) is 5.82 Å². The van der Waals surface area contributed by atoms with Crippen LogP contribution in [0.1, 0.15) is 11.4 Å². The largest absolute Gasteiger partial charge is 0.390 e. The molecule has 0 fully saturated rings. The normalized spacial score (nSPS) is 11.3. The van der Waals surface area contributed by atoms with Gasteiger partial charge in [0.05, 0.1) is 41.1 Å². The van der Waals surface area contributed by atoms with Crippen LogP contribution in [0.15, 0.2) is 73.2 Å². The standard InChI is InChI=1S/C22H19N7O/c23-12-16-4-1-6-19(26-16)15-10-20(28-9-3-8-24-28)18-13-25-29(21(18)11-15)22-7-2-5-17(14-30)27-22/h1-11,13,30H,12,14,23H2. The molecule has 0 spiro atoms. The number of benzene rings is 1. The molecule has 0 aliphatic carbocycles. The summed E-state index contributed by atoms with van der Waals surface area (Å²) >= 11 is 0. The van der Waals surface area contributed by atoms with E-state index in [1.807, 2.05) is 59.4 Å². The molecule has 0 bridgehead atoms. The fourth-order valence-corrected chi connectivity index (χ4v) is 3.47. The Kier molecular flexibility index (Phi) is 4.55. The summed E-state index contributed by atoms with van der Waals surface area (Å²) in [6.07, 6.45) is 5.43. The number of fused-ring (bicyclic) bond motifs is 1. The molecule has 5 rings (SSSR count). The molecule has 0 aliphatic heterocycles. The quantitative estimate of drug-likeness (QED) is 0.472. The van der Waals surface area contributed by atoms with Crippen LogP contribution in [0, 0.1) is 0 Å². The molecule has 4 heterocycles. The van der Waals surface area contributed by atoms with Crippen molar-refractivity contribution in [2.45, 2.75) is 13.2 Å². The fourth-order valence-electron chi connectivity index (χ4n) is 3.47. The number of aliphatic hydroxyl groups excluding tert-OH is 1. The van der Waals surface area contributed by atoms with E-state index in [0.717, 1.165) is 33.5 Å². The number of rotatable bonds is 5. The van der Waals surface area contributed by atoms with Crippen LogP contribution in [-0.2, 0) is 13.2 Å². The van der Waals surface area contributed by atoms with Crippen LogP contribution in [-0.4, -0.2) is 34.6 Å². The third-order valence-electron chi connectivity index (χ3n) is 4.90. The first-order valence-corrected chi connectivity index (χ1v) is 9.52. The monoisotopic (exact) mass is 397 g/mol. The molecular weight excluding hydrogens is 378 g/mol. The zero-order valence-corrected chi connectivity index (χ0v) is 16.1. The van der Waals surface area contributed by atoms with Gasteiger partial charge < -0.3 is 10.8 Å². The molecular formula is C22H19N7O. The van der Waals surface area contributed by atoms with Crippen LogP contribution in [0.4, 0.5) is 0 Å². The summed E-state index contributed by atoms with van der Waals surface area (Å²) in [6.45, 7) is 0.241. The number of hydrogen-bond donors (Lipinski definition) is 2. The van der Waals surface area contributed by atoms with E-state index in [4.69, 9.17) is 5.73 Å². The maximum atomic E-state index is 9.46. The lowest BCUT2D eigenvalue weighted by Gasteiger charge is -2.10. The summed E-state index contributed by atoms with van der Waals surface area (Å²) in [4.78, 5) is 9.17. The van der Waals surface area contributed by atoms with Gasteiger partial charge in [-0.1, -0.05) is 12.1 Å². The van der Waals surface area contributed by atoms with Crippen LogP contribution in [0.3, 0.4) is 0 Å². The van der Waals surface area contributed by atoms with Crippen LogP contribution in [0.5, 0.6) is 0 Å². The molecule has 0 saturated carbocycles. The van der Waals surface area contributed by atoms with Gasteiger partial charge in [-0.05, 0) is 42.5 Å². The highest BCUT2D eigenvalue weighted by Gasteiger charge is 2.15.